The molecule has 0 radical (unpaired) electrons. The Balaban J connectivity index is 3.27. The fourth-order valence-electron chi connectivity index (χ4n) is 1.25. The Morgan fingerprint density at radius 3 is 2.05 bits per heavy atom. The second-order valence-electron chi connectivity index (χ2n) is 3.35. The maximum absolute atomic E-state index is 10.9. The highest BCUT2D eigenvalue weighted by atomic mass is 16.4. The van der Waals surface area contributed by atoms with Crippen LogP contribution in [-0.2, 0) is 0 Å². The van der Waals surface area contributed by atoms with Crippen molar-refractivity contribution < 1.29 is 19.8 Å². The van der Waals surface area contributed by atoms with Gasteiger partial charge in [0.1, 0.15) is 0 Å². The third-order valence-corrected chi connectivity index (χ3v) is 1.95. The van der Waals surface area contributed by atoms with Gasteiger partial charge >= 0.3 is 11.9 Å². The summed E-state index contributed by atoms with van der Waals surface area (Å²) in [6.45, 7) is 0. The smallest absolute Gasteiger partial charge is 0.336 e. The van der Waals surface area contributed by atoms with E-state index in [1.807, 2.05) is 0 Å². The van der Waals surface area contributed by atoms with E-state index in [0.717, 1.165) is 12.1 Å². The number of carbonyl (C=O) groups is 2. The van der Waals surface area contributed by atoms with E-state index in [1.54, 1.807) is 0 Å². The number of aliphatic imine (C=N–C) groups is 2. The third kappa shape index (κ3) is 3.70. The minimum Gasteiger partial charge on any atom is -0.478 e. The molecule has 0 saturated heterocycles. The van der Waals surface area contributed by atoms with Crippen molar-refractivity contribution in [3.05, 3.63) is 29.3 Å². The van der Waals surface area contributed by atoms with Crippen molar-refractivity contribution in [2.45, 2.75) is 0 Å². The summed E-state index contributed by atoms with van der Waals surface area (Å²) in [6, 6.07) is 3.44. The zero-order chi connectivity index (χ0) is 14.6. The molecule has 1 aromatic rings. The lowest BCUT2D eigenvalue weighted by atomic mass is 10.1. The van der Waals surface area contributed by atoms with Crippen LogP contribution in [0.2, 0.25) is 0 Å². The molecule has 0 saturated carbocycles. The molecule has 0 heterocycles. The van der Waals surface area contributed by atoms with Crippen LogP contribution in [0.1, 0.15) is 20.7 Å². The Morgan fingerprint density at radius 2 is 1.58 bits per heavy atom. The summed E-state index contributed by atoms with van der Waals surface area (Å²) in [5, 5.41) is 17.7. The van der Waals surface area contributed by atoms with Crippen LogP contribution in [-0.4, -0.2) is 34.1 Å². The molecule has 0 bridgehead atoms. The van der Waals surface area contributed by atoms with Crippen LogP contribution in [0.5, 0.6) is 0 Å². The average Bonchev–Trinajstić information content (AvgIpc) is 2.27. The molecular formula is C10H11N5O4. The van der Waals surface area contributed by atoms with Gasteiger partial charge in [-0.1, -0.05) is 0 Å². The van der Waals surface area contributed by atoms with E-state index in [2.05, 4.69) is 9.98 Å². The van der Waals surface area contributed by atoms with E-state index in [4.69, 9.17) is 27.4 Å². The standard InChI is InChI=1S/C10H11N5O4/c11-9(12)15-10(13)14-4-1-2-5(7(16)17)6(3-4)8(18)19/h1-3H,(H,16,17)(H,18,19)(H6,11,12,13,14,15). The zero-order valence-electron chi connectivity index (χ0n) is 9.57. The van der Waals surface area contributed by atoms with Gasteiger partial charge in [0.05, 0.1) is 16.8 Å². The van der Waals surface area contributed by atoms with E-state index in [1.165, 1.54) is 6.07 Å². The molecule has 0 aromatic heterocycles. The van der Waals surface area contributed by atoms with E-state index in [0.29, 0.717) is 0 Å². The molecule has 0 fully saturated rings. The van der Waals surface area contributed by atoms with Gasteiger partial charge in [0.15, 0.2) is 5.96 Å². The number of benzene rings is 1. The Labute approximate surface area is 107 Å². The summed E-state index contributed by atoms with van der Waals surface area (Å²) in [5.41, 5.74) is 14.9. The van der Waals surface area contributed by atoms with Gasteiger partial charge in [0, 0.05) is 0 Å². The molecule has 8 N–H and O–H groups in total. The number of hydrogen-bond donors (Lipinski definition) is 5. The summed E-state index contributed by atoms with van der Waals surface area (Å²) >= 11 is 0. The summed E-state index contributed by atoms with van der Waals surface area (Å²) in [7, 11) is 0. The number of rotatable bonds is 3. The lowest BCUT2D eigenvalue weighted by molar-refractivity contribution is 0.0651. The number of nitrogens with two attached hydrogens (primary N) is 3. The molecule has 100 valence electrons. The Kier molecular flexibility index (Phi) is 4.03. The van der Waals surface area contributed by atoms with Crippen LogP contribution in [0.25, 0.3) is 0 Å². The number of aromatic carboxylic acids is 2. The quantitative estimate of drug-likeness (QED) is 0.354. The monoisotopic (exact) mass is 265 g/mol. The molecular weight excluding hydrogens is 254 g/mol. The molecule has 0 atom stereocenters. The van der Waals surface area contributed by atoms with Crippen LogP contribution in [0.4, 0.5) is 5.69 Å². The van der Waals surface area contributed by atoms with E-state index in [-0.39, 0.29) is 23.2 Å². The van der Waals surface area contributed by atoms with Crippen LogP contribution in [0.15, 0.2) is 28.2 Å². The molecule has 1 aromatic carbocycles. The largest absolute Gasteiger partial charge is 0.478 e. The maximum atomic E-state index is 10.9. The third-order valence-electron chi connectivity index (χ3n) is 1.95. The van der Waals surface area contributed by atoms with Crippen molar-refractivity contribution in [1.82, 2.24) is 0 Å². The van der Waals surface area contributed by atoms with E-state index >= 15 is 0 Å². The second-order valence-corrected chi connectivity index (χ2v) is 3.35. The molecule has 0 aliphatic heterocycles. The molecule has 0 aliphatic rings. The van der Waals surface area contributed by atoms with Crippen LogP contribution in [0, 0.1) is 0 Å². The van der Waals surface area contributed by atoms with Crippen molar-refractivity contribution in [3.63, 3.8) is 0 Å². The summed E-state index contributed by atoms with van der Waals surface area (Å²) < 4.78 is 0. The number of guanidine groups is 2. The minimum atomic E-state index is -1.39. The number of hydrogen-bond acceptors (Lipinski definition) is 3. The van der Waals surface area contributed by atoms with Gasteiger partial charge in [-0.3, -0.25) is 0 Å². The highest BCUT2D eigenvalue weighted by molar-refractivity contribution is 6.02. The fraction of sp³-hybridized carbons (Fsp3) is 0. The highest BCUT2D eigenvalue weighted by Crippen LogP contribution is 2.19. The molecule has 0 unspecified atom stereocenters. The Hall–Kier alpha value is -3.10. The summed E-state index contributed by atoms with van der Waals surface area (Å²) in [4.78, 5) is 28.9. The predicted molar refractivity (Wildman–Crippen MR) is 67.5 cm³/mol. The SMILES string of the molecule is NC(N)=NC(N)=Nc1ccc(C(=O)O)c(C(=O)O)c1. The molecule has 0 aliphatic carbocycles. The lowest BCUT2D eigenvalue weighted by Gasteiger charge is -2.02. The normalized spacial score (nSPS) is 10.8. The van der Waals surface area contributed by atoms with Gasteiger partial charge in [-0.25, -0.2) is 14.6 Å². The number of carboxylic acids is 2. The van der Waals surface area contributed by atoms with Crippen molar-refractivity contribution in [1.29, 1.82) is 0 Å². The van der Waals surface area contributed by atoms with E-state index < -0.39 is 17.5 Å². The Bertz CT molecular complexity index is 590. The van der Waals surface area contributed by atoms with Crippen molar-refractivity contribution in [3.8, 4) is 0 Å². The first-order valence-electron chi connectivity index (χ1n) is 4.85. The van der Waals surface area contributed by atoms with E-state index in [9.17, 15) is 9.59 Å². The van der Waals surface area contributed by atoms with Gasteiger partial charge in [0.2, 0.25) is 5.96 Å². The molecule has 9 nitrogen and oxygen atoms in total. The second kappa shape index (κ2) is 5.49. The topological polar surface area (TPSA) is 177 Å². The zero-order valence-corrected chi connectivity index (χ0v) is 9.57. The van der Waals surface area contributed by atoms with Gasteiger partial charge in [0.25, 0.3) is 0 Å². The average molecular weight is 265 g/mol. The predicted octanol–water partition coefficient (Wildman–Crippen LogP) is -0.697. The van der Waals surface area contributed by atoms with Crippen molar-refractivity contribution in [2.24, 2.45) is 27.2 Å². The maximum Gasteiger partial charge on any atom is 0.336 e. The minimum absolute atomic E-state index is 0.116. The van der Waals surface area contributed by atoms with Crippen LogP contribution >= 0.6 is 0 Å². The highest BCUT2D eigenvalue weighted by Gasteiger charge is 2.16. The van der Waals surface area contributed by atoms with Crippen LogP contribution < -0.4 is 17.2 Å². The Morgan fingerprint density at radius 1 is 1.00 bits per heavy atom. The summed E-state index contributed by atoms with van der Waals surface area (Å²) in [5.74, 6) is -3.33. The first kappa shape index (κ1) is 14.0. The number of carboxylic acid groups (broad SMARTS) is 2. The van der Waals surface area contributed by atoms with Gasteiger partial charge < -0.3 is 27.4 Å². The molecule has 0 spiro atoms. The molecule has 0 amide bonds. The van der Waals surface area contributed by atoms with Crippen molar-refractivity contribution in [2.75, 3.05) is 0 Å². The van der Waals surface area contributed by atoms with Gasteiger partial charge in [-0.05, 0) is 18.2 Å². The first-order valence-corrected chi connectivity index (χ1v) is 4.85. The van der Waals surface area contributed by atoms with Crippen LogP contribution in [0.3, 0.4) is 0 Å². The van der Waals surface area contributed by atoms with Gasteiger partial charge in [-0.2, -0.15) is 4.99 Å². The molecule has 9 heteroatoms. The van der Waals surface area contributed by atoms with Gasteiger partial charge in [-0.15, -0.1) is 0 Å². The number of nitrogens with zero attached hydrogens (tertiary/aromatic N) is 2. The summed E-state index contributed by atoms with van der Waals surface area (Å²) in [6.07, 6.45) is 0. The molecule has 1 rings (SSSR count). The lowest BCUT2D eigenvalue weighted by Crippen LogP contribution is -2.26. The molecule has 19 heavy (non-hydrogen) atoms. The first-order chi connectivity index (χ1) is 8.81. The fourth-order valence-corrected chi connectivity index (χ4v) is 1.25. The van der Waals surface area contributed by atoms with Crippen molar-refractivity contribution >= 4 is 29.5 Å².